The van der Waals surface area contributed by atoms with Gasteiger partial charge in [-0.1, -0.05) is 47.6 Å². The van der Waals surface area contributed by atoms with Crippen LogP contribution in [0.25, 0.3) is 0 Å². The van der Waals surface area contributed by atoms with E-state index in [-0.39, 0.29) is 23.7 Å². The first-order valence-electron chi connectivity index (χ1n) is 9.19. The zero-order chi connectivity index (χ0) is 22.2. The molecule has 0 spiro atoms. The molecular formula is C21H15ClF3N3O2S. The average molecular weight is 466 g/mol. The smallest absolute Gasteiger partial charge is 0.310 e. The number of carbonyl (C=O) groups excluding carboxylic acids is 1. The van der Waals surface area contributed by atoms with Crippen molar-refractivity contribution >= 4 is 35.1 Å². The number of carbonyl (C=O) groups is 1. The number of hydrogen-bond donors (Lipinski definition) is 2. The highest BCUT2D eigenvalue weighted by atomic mass is 35.5. The van der Waals surface area contributed by atoms with Gasteiger partial charge in [-0.3, -0.25) is 9.59 Å². The SMILES string of the molecule is O=C1CC(c2ccc(C(F)(F)F)cc2)c2c(nc(SCc3ccc(Cl)cc3)[nH]c2=O)N1. The molecular weight excluding hydrogens is 451 g/mol. The lowest BCUT2D eigenvalue weighted by molar-refractivity contribution is -0.137. The normalized spacial score (nSPS) is 16.0. The minimum absolute atomic E-state index is 0.0552. The van der Waals surface area contributed by atoms with Crippen LogP contribution in [0.2, 0.25) is 5.02 Å². The number of nitrogens with one attached hydrogen (secondary N) is 2. The Morgan fingerprint density at radius 1 is 1.06 bits per heavy atom. The van der Waals surface area contributed by atoms with Crippen molar-refractivity contribution in [3.05, 3.63) is 86.2 Å². The molecule has 1 amide bonds. The third kappa shape index (κ3) is 4.77. The van der Waals surface area contributed by atoms with Crippen LogP contribution in [0.4, 0.5) is 19.0 Å². The van der Waals surface area contributed by atoms with Crippen molar-refractivity contribution in [3.63, 3.8) is 0 Å². The lowest BCUT2D eigenvalue weighted by Gasteiger charge is -2.24. The van der Waals surface area contributed by atoms with Crippen molar-refractivity contribution in [2.24, 2.45) is 0 Å². The van der Waals surface area contributed by atoms with E-state index in [1.165, 1.54) is 23.9 Å². The molecule has 1 unspecified atom stereocenters. The molecule has 0 aliphatic carbocycles. The Morgan fingerprint density at radius 2 is 1.74 bits per heavy atom. The Kier molecular flexibility index (Phi) is 5.81. The molecule has 160 valence electrons. The molecule has 4 rings (SSSR count). The molecule has 0 saturated heterocycles. The molecule has 1 atom stereocenters. The predicted molar refractivity (Wildman–Crippen MR) is 112 cm³/mol. The second kappa shape index (κ2) is 8.39. The summed E-state index contributed by atoms with van der Waals surface area (Å²) in [5.74, 6) is -0.389. The van der Waals surface area contributed by atoms with Crippen LogP contribution in [-0.2, 0) is 16.7 Å². The molecule has 10 heteroatoms. The molecule has 0 radical (unpaired) electrons. The Balaban J connectivity index is 1.62. The minimum atomic E-state index is -4.46. The van der Waals surface area contributed by atoms with Gasteiger partial charge in [-0.05, 0) is 35.4 Å². The van der Waals surface area contributed by atoms with Gasteiger partial charge in [0.05, 0.1) is 11.1 Å². The fourth-order valence-electron chi connectivity index (χ4n) is 3.34. The van der Waals surface area contributed by atoms with E-state index in [2.05, 4.69) is 15.3 Å². The third-order valence-corrected chi connectivity index (χ3v) is 6.05. The molecule has 31 heavy (non-hydrogen) atoms. The van der Waals surface area contributed by atoms with E-state index in [9.17, 15) is 22.8 Å². The van der Waals surface area contributed by atoms with Gasteiger partial charge in [0.25, 0.3) is 5.56 Å². The minimum Gasteiger partial charge on any atom is -0.310 e. The van der Waals surface area contributed by atoms with Crippen LogP contribution in [0, 0.1) is 0 Å². The topological polar surface area (TPSA) is 74.8 Å². The van der Waals surface area contributed by atoms with Crippen LogP contribution in [0.1, 0.15) is 34.6 Å². The average Bonchev–Trinajstić information content (AvgIpc) is 2.72. The number of aromatic nitrogens is 2. The number of hydrogen-bond acceptors (Lipinski definition) is 4. The van der Waals surface area contributed by atoms with Crippen LogP contribution in [0.15, 0.2) is 58.5 Å². The molecule has 0 saturated carbocycles. The van der Waals surface area contributed by atoms with Gasteiger partial charge in [-0.25, -0.2) is 4.98 Å². The summed E-state index contributed by atoms with van der Waals surface area (Å²) in [6, 6.07) is 11.7. The fourth-order valence-corrected chi connectivity index (χ4v) is 4.28. The fraction of sp³-hybridized carbons (Fsp3) is 0.190. The van der Waals surface area contributed by atoms with E-state index < -0.39 is 23.2 Å². The lowest BCUT2D eigenvalue weighted by atomic mass is 9.86. The second-order valence-corrected chi connectivity index (χ2v) is 8.37. The molecule has 2 aromatic carbocycles. The van der Waals surface area contributed by atoms with Gasteiger partial charge >= 0.3 is 6.18 Å². The summed E-state index contributed by atoms with van der Waals surface area (Å²) < 4.78 is 38.5. The number of H-pyrrole nitrogens is 1. The zero-order valence-corrected chi connectivity index (χ0v) is 17.4. The van der Waals surface area contributed by atoms with E-state index in [0.717, 1.165) is 17.7 Å². The molecule has 1 aliphatic rings. The molecule has 5 nitrogen and oxygen atoms in total. The largest absolute Gasteiger partial charge is 0.416 e. The number of fused-ring (bicyclic) bond motifs is 1. The highest BCUT2D eigenvalue weighted by molar-refractivity contribution is 7.98. The molecule has 3 aromatic rings. The van der Waals surface area contributed by atoms with E-state index in [1.807, 2.05) is 12.1 Å². The number of anilines is 1. The Hall–Kier alpha value is -2.78. The monoisotopic (exact) mass is 465 g/mol. The first-order chi connectivity index (χ1) is 14.7. The van der Waals surface area contributed by atoms with E-state index in [0.29, 0.717) is 21.5 Å². The number of aromatic amines is 1. The summed E-state index contributed by atoms with van der Waals surface area (Å²) in [5, 5.41) is 3.54. The number of benzene rings is 2. The van der Waals surface area contributed by atoms with Crippen LogP contribution >= 0.6 is 23.4 Å². The van der Waals surface area contributed by atoms with Crippen molar-refractivity contribution in [1.82, 2.24) is 9.97 Å². The third-order valence-electron chi connectivity index (χ3n) is 4.86. The lowest BCUT2D eigenvalue weighted by Crippen LogP contribution is -2.31. The van der Waals surface area contributed by atoms with Gasteiger partial charge in [0.1, 0.15) is 5.82 Å². The number of rotatable bonds is 4. The van der Waals surface area contributed by atoms with Crippen molar-refractivity contribution in [3.8, 4) is 0 Å². The molecule has 1 aromatic heterocycles. The maximum absolute atomic E-state index is 12.8. The summed E-state index contributed by atoms with van der Waals surface area (Å²) in [4.78, 5) is 32.1. The van der Waals surface area contributed by atoms with Crippen LogP contribution in [-0.4, -0.2) is 15.9 Å². The Bertz CT molecular complexity index is 1180. The number of halogens is 4. The van der Waals surface area contributed by atoms with Gasteiger partial charge in [0.2, 0.25) is 5.91 Å². The Labute approximate surface area is 184 Å². The van der Waals surface area contributed by atoms with Gasteiger partial charge in [-0.15, -0.1) is 0 Å². The number of alkyl halides is 3. The quantitative estimate of drug-likeness (QED) is 0.410. The summed E-state index contributed by atoms with van der Waals surface area (Å²) in [6.07, 6.45) is -4.52. The predicted octanol–water partition coefficient (Wildman–Crippen LogP) is 5.21. The van der Waals surface area contributed by atoms with E-state index in [1.54, 1.807) is 12.1 Å². The summed E-state index contributed by atoms with van der Waals surface area (Å²) in [7, 11) is 0. The first-order valence-corrected chi connectivity index (χ1v) is 10.6. The maximum Gasteiger partial charge on any atom is 0.416 e. The van der Waals surface area contributed by atoms with Crippen LogP contribution < -0.4 is 10.9 Å². The van der Waals surface area contributed by atoms with E-state index >= 15 is 0 Å². The molecule has 0 fully saturated rings. The van der Waals surface area contributed by atoms with Crippen molar-refractivity contribution in [2.45, 2.75) is 29.4 Å². The molecule has 2 heterocycles. The first kappa shape index (κ1) is 21.5. The summed E-state index contributed by atoms with van der Waals surface area (Å²) in [6.45, 7) is 0. The second-order valence-electron chi connectivity index (χ2n) is 6.97. The van der Waals surface area contributed by atoms with Crippen molar-refractivity contribution < 1.29 is 18.0 Å². The summed E-state index contributed by atoms with van der Waals surface area (Å²) in [5.41, 5.74) is 0.417. The van der Waals surface area contributed by atoms with Crippen molar-refractivity contribution in [1.29, 1.82) is 0 Å². The maximum atomic E-state index is 12.8. The van der Waals surface area contributed by atoms with Gasteiger partial charge < -0.3 is 10.3 Å². The zero-order valence-electron chi connectivity index (χ0n) is 15.8. The van der Waals surface area contributed by atoms with Crippen molar-refractivity contribution in [2.75, 3.05) is 5.32 Å². The summed E-state index contributed by atoms with van der Waals surface area (Å²) >= 11 is 7.16. The standard InChI is InChI=1S/C21H15ClF3N3O2S/c22-14-7-1-11(2-8-14)10-31-20-27-18-17(19(30)28-20)15(9-16(29)26-18)12-3-5-13(6-4-12)21(23,24)25/h1-8,15H,9-10H2,(H2,26,27,28,29,30). The Morgan fingerprint density at radius 3 is 2.39 bits per heavy atom. The highest BCUT2D eigenvalue weighted by Crippen LogP contribution is 2.36. The van der Waals surface area contributed by atoms with E-state index in [4.69, 9.17) is 11.6 Å². The number of amides is 1. The van der Waals surface area contributed by atoms with Crippen LogP contribution in [0.3, 0.4) is 0 Å². The van der Waals surface area contributed by atoms with Crippen LogP contribution in [0.5, 0.6) is 0 Å². The molecule has 2 N–H and O–H groups in total. The highest BCUT2D eigenvalue weighted by Gasteiger charge is 2.33. The van der Waals surface area contributed by atoms with Gasteiger partial charge in [-0.2, -0.15) is 13.2 Å². The number of nitrogens with zero attached hydrogens (tertiary/aromatic N) is 1. The molecule has 0 bridgehead atoms. The van der Waals surface area contributed by atoms with Gasteiger partial charge in [0.15, 0.2) is 5.16 Å². The molecule has 1 aliphatic heterocycles. The number of thioether (sulfide) groups is 1. The van der Waals surface area contributed by atoms with Gasteiger partial charge in [0, 0.05) is 23.1 Å².